The third kappa shape index (κ3) is 3.92. The Hall–Kier alpha value is -3.15. The highest BCUT2D eigenvalue weighted by atomic mass is 16.6. The first-order chi connectivity index (χ1) is 10.5. The summed E-state index contributed by atoms with van der Waals surface area (Å²) < 4.78 is 5.34. The number of carboxylic acid groups (broad SMARTS) is 1. The summed E-state index contributed by atoms with van der Waals surface area (Å²) in [5, 5.41) is 19.8. The molecular formula is C16H13NO5. The van der Waals surface area contributed by atoms with Crippen LogP contribution in [0.3, 0.4) is 0 Å². The van der Waals surface area contributed by atoms with Crippen LogP contribution in [-0.4, -0.2) is 16.0 Å². The van der Waals surface area contributed by atoms with Crippen molar-refractivity contribution in [2.45, 2.75) is 6.92 Å². The first-order valence-electron chi connectivity index (χ1n) is 6.39. The average molecular weight is 299 g/mol. The van der Waals surface area contributed by atoms with Crippen LogP contribution in [0.4, 0.5) is 5.69 Å². The molecule has 6 heteroatoms. The number of nitrogens with zero attached hydrogens (tertiary/aromatic N) is 1. The van der Waals surface area contributed by atoms with Gasteiger partial charge in [-0.3, -0.25) is 10.1 Å². The van der Waals surface area contributed by atoms with E-state index in [0.29, 0.717) is 11.3 Å². The van der Waals surface area contributed by atoms with Crippen LogP contribution in [0.5, 0.6) is 5.75 Å². The zero-order chi connectivity index (χ0) is 16.1. The fraction of sp³-hybridized carbons (Fsp3) is 0.0625. The van der Waals surface area contributed by atoms with Gasteiger partial charge in [-0.1, -0.05) is 17.7 Å². The smallest absolute Gasteiger partial charge is 0.371 e. The van der Waals surface area contributed by atoms with E-state index in [1.54, 1.807) is 24.3 Å². The van der Waals surface area contributed by atoms with E-state index in [1.165, 1.54) is 30.3 Å². The van der Waals surface area contributed by atoms with E-state index in [9.17, 15) is 20.0 Å². The molecule has 2 rings (SSSR count). The number of aryl methyl sites for hydroxylation is 1. The topological polar surface area (TPSA) is 89.7 Å². The number of nitro benzene ring substituents is 1. The summed E-state index contributed by atoms with van der Waals surface area (Å²) >= 11 is 0. The van der Waals surface area contributed by atoms with Crippen LogP contribution in [0.15, 0.2) is 54.3 Å². The molecule has 0 saturated heterocycles. The zero-order valence-electron chi connectivity index (χ0n) is 11.7. The van der Waals surface area contributed by atoms with Gasteiger partial charge in [-0.15, -0.1) is 0 Å². The van der Waals surface area contributed by atoms with E-state index < -0.39 is 10.9 Å². The van der Waals surface area contributed by atoms with Gasteiger partial charge in [0.15, 0.2) is 0 Å². The normalized spacial score (nSPS) is 11.0. The predicted octanol–water partition coefficient (Wildman–Crippen LogP) is 3.41. The van der Waals surface area contributed by atoms with Crippen molar-refractivity contribution in [1.82, 2.24) is 0 Å². The van der Waals surface area contributed by atoms with Crippen molar-refractivity contribution in [3.63, 3.8) is 0 Å². The molecule has 22 heavy (non-hydrogen) atoms. The van der Waals surface area contributed by atoms with E-state index in [2.05, 4.69) is 0 Å². The van der Waals surface area contributed by atoms with Crippen LogP contribution in [-0.2, 0) is 4.79 Å². The van der Waals surface area contributed by atoms with Gasteiger partial charge in [0, 0.05) is 12.1 Å². The fourth-order valence-corrected chi connectivity index (χ4v) is 1.71. The van der Waals surface area contributed by atoms with Gasteiger partial charge in [0.25, 0.3) is 5.69 Å². The number of carboxylic acids is 1. The number of nitro groups is 1. The minimum Gasteiger partial charge on any atom is -0.475 e. The first kappa shape index (κ1) is 15.2. The summed E-state index contributed by atoms with van der Waals surface area (Å²) in [5.41, 5.74) is 1.46. The molecule has 112 valence electrons. The molecule has 0 bridgehead atoms. The monoisotopic (exact) mass is 299 g/mol. The van der Waals surface area contributed by atoms with Crippen LogP contribution < -0.4 is 4.74 Å². The van der Waals surface area contributed by atoms with Crippen LogP contribution >= 0.6 is 0 Å². The number of hydrogen-bond donors (Lipinski definition) is 1. The molecule has 0 atom stereocenters. The molecule has 6 nitrogen and oxygen atoms in total. The maximum absolute atomic E-state index is 11.2. The van der Waals surface area contributed by atoms with E-state index in [4.69, 9.17) is 4.74 Å². The molecule has 0 saturated carbocycles. The summed E-state index contributed by atoms with van der Waals surface area (Å²) in [4.78, 5) is 21.3. The molecular weight excluding hydrogens is 286 g/mol. The third-order valence-corrected chi connectivity index (χ3v) is 2.86. The Morgan fingerprint density at radius 1 is 1.14 bits per heavy atom. The summed E-state index contributed by atoms with van der Waals surface area (Å²) in [6.07, 6.45) is 1.31. The number of aliphatic carboxylic acids is 1. The second-order valence-corrected chi connectivity index (χ2v) is 4.58. The van der Waals surface area contributed by atoms with Crippen LogP contribution in [0.1, 0.15) is 11.1 Å². The SMILES string of the molecule is Cc1ccc(O/C(=C\c2ccc([N+](=O)[O-])cc2)C(=O)O)cc1. The second-order valence-electron chi connectivity index (χ2n) is 4.58. The van der Waals surface area contributed by atoms with E-state index >= 15 is 0 Å². The zero-order valence-corrected chi connectivity index (χ0v) is 11.7. The first-order valence-corrected chi connectivity index (χ1v) is 6.39. The van der Waals surface area contributed by atoms with Gasteiger partial charge in [-0.05, 0) is 42.8 Å². The lowest BCUT2D eigenvalue weighted by Crippen LogP contribution is -2.07. The average Bonchev–Trinajstić information content (AvgIpc) is 2.49. The fourth-order valence-electron chi connectivity index (χ4n) is 1.71. The summed E-state index contributed by atoms with van der Waals surface area (Å²) in [7, 11) is 0. The molecule has 0 heterocycles. The Kier molecular flexibility index (Phi) is 4.53. The summed E-state index contributed by atoms with van der Waals surface area (Å²) in [5.74, 6) is -1.09. The molecule has 0 aliphatic carbocycles. The number of carbonyl (C=O) groups is 1. The van der Waals surface area contributed by atoms with E-state index in [1.807, 2.05) is 6.92 Å². The van der Waals surface area contributed by atoms with Crippen molar-refractivity contribution in [1.29, 1.82) is 0 Å². The predicted molar refractivity (Wildman–Crippen MR) is 80.5 cm³/mol. The molecule has 0 unspecified atom stereocenters. The number of benzene rings is 2. The van der Waals surface area contributed by atoms with Crippen molar-refractivity contribution in [2.75, 3.05) is 0 Å². The number of non-ortho nitro benzene ring substituents is 1. The van der Waals surface area contributed by atoms with Gasteiger partial charge >= 0.3 is 5.97 Å². The van der Waals surface area contributed by atoms with Crippen LogP contribution in [0.2, 0.25) is 0 Å². The standard InChI is InChI=1S/C16H13NO5/c1-11-2-8-14(9-3-11)22-15(16(18)19)10-12-4-6-13(7-5-12)17(20)21/h2-10H,1H3,(H,18,19)/b15-10-. The van der Waals surface area contributed by atoms with Gasteiger partial charge in [0.1, 0.15) is 5.75 Å². The molecule has 0 aromatic heterocycles. The highest BCUT2D eigenvalue weighted by Gasteiger charge is 2.11. The quantitative estimate of drug-likeness (QED) is 0.395. The Bertz CT molecular complexity index is 717. The number of ether oxygens (including phenoxy) is 1. The highest BCUT2D eigenvalue weighted by Crippen LogP contribution is 2.18. The van der Waals surface area contributed by atoms with E-state index in [0.717, 1.165) is 5.56 Å². The molecule has 0 spiro atoms. The molecule has 0 radical (unpaired) electrons. The Balaban J connectivity index is 2.25. The number of rotatable bonds is 5. The van der Waals surface area contributed by atoms with Crippen molar-refractivity contribution in [3.8, 4) is 5.75 Å². The molecule has 0 aliphatic heterocycles. The molecule has 0 amide bonds. The molecule has 0 aliphatic rings. The van der Waals surface area contributed by atoms with Crippen molar-refractivity contribution in [2.24, 2.45) is 0 Å². The molecule has 1 N–H and O–H groups in total. The van der Waals surface area contributed by atoms with Gasteiger partial charge in [0.2, 0.25) is 5.76 Å². The Labute approximate surface area is 126 Å². The van der Waals surface area contributed by atoms with Crippen LogP contribution in [0, 0.1) is 17.0 Å². The summed E-state index contributed by atoms with van der Waals surface area (Å²) in [6.45, 7) is 1.91. The second kappa shape index (κ2) is 6.53. The minimum atomic E-state index is -1.22. The van der Waals surface area contributed by atoms with Crippen molar-refractivity contribution in [3.05, 3.63) is 75.5 Å². The lowest BCUT2D eigenvalue weighted by molar-refractivity contribution is -0.384. The molecule has 0 fully saturated rings. The van der Waals surface area contributed by atoms with Gasteiger partial charge in [0.05, 0.1) is 4.92 Å². The Morgan fingerprint density at radius 3 is 2.23 bits per heavy atom. The van der Waals surface area contributed by atoms with Crippen LogP contribution in [0.25, 0.3) is 6.08 Å². The van der Waals surface area contributed by atoms with Crippen molar-refractivity contribution < 1.29 is 19.6 Å². The minimum absolute atomic E-state index is 0.0616. The molecule has 2 aromatic carbocycles. The van der Waals surface area contributed by atoms with Gasteiger partial charge in [-0.25, -0.2) is 4.79 Å². The van der Waals surface area contributed by atoms with Gasteiger partial charge < -0.3 is 9.84 Å². The Morgan fingerprint density at radius 2 is 1.73 bits per heavy atom. The van der Waals surface area contributed by atoms with Crippen molar-refractivity contribution >= 4 is 17.7 Å². The van der Waals surface area contributed by atoms with E-state index in [-0.39, 0.29) is 11.4 Å². The lowest BCUT2D eigenvalue weighted by atomic mass is 10.2. The molecule has 2 aromatic rings. The largest absolute Gasteiger partial charge is 0.475 e. The third-order valence-electron chi connectivity index (χ3n) is 2.86. The maximum atomic E-state index is 11.2. The van der Waals surface area contributed by atoms with Gasteiger partial charge in [-0.2, -0.15) is 0 Å². The maximum Gasteiger partial charge on any atom is 0.371 e. The summed E-state index contributed by atoms with van der Waals surface area (Å²) in [6, 6.07) is 12.5. The lowest BCUT2D eigenvalue weighted by Gasteiger charge is -2.06. The highest BCUT2D eigenvalue weighted by molar-refractivity contribution is 5.90. The number of hydrogen-bond acceptors (Lipinski definition) is 4.